The van der Waals surface area contributed by atoms with Gasteiger partial charge >= 0.3 is 7.12 Å². The minimum absolute atomic E-state index is 0.389. The number of nitrogens with zero attached hydrogens (tertiary/aromatic N) is 1. The average Bonchev–Trinajstić information content (AvgIpc) is 2.48. The zero-order chi connectivity index (χ0) is 13.6. The molecule has 0 unspecified atom stereocenters. The molecule has 0 spiro atoms. The van der Waals surface area contributed by atoms with Crippen LogP contribution in [0, 0.1) is 0 Å². The molecular weight excluding hydrogens is 250 g/mol. The van der Waals surface area contributed by atoms with Gasteiger partial charge in [-0.15, -0.1) is 0 Å². The van der Waals surface area contributed by atoms with Crippen LogP contribution in [0.1, 0.15) is 39.2 Å². The molecule has 2 rings (SSSR count). The van der Waals surface area contributed by atoms with Gasteiger partial charge in [-0.2, -0.15) is 0 Å². The van der Waals surface area contributed by atoms with Crippen LogP contribution < -0.4 is 5.73 Å². The van der Waals surface area contributed by atoms with Crippen LogP contribution in [0.5, 0.6) is 0 Å². The smallest absolute Gasteiger partial charge is 0.402 e. The normalized spacial score (nSPS) is 23.1. The van der Waals surface area contributed by atoms with E-state index in [2.05, 4.69) is 4.98 Å². The van der Waals surface area contributed by atoms with Crippen molar-refractivity contribution < 1.29 is 9.31 Å². The lowest BCUT2D eigenvalue weighted by Gasteiger charge is -2.32. The first-order valence-electron chi connectivity index (χ1n) is 5.96. The molecule has 98 valence electrons. The van der Waals surface area contributed by atoms with Crippen LogP contribution in [0.3, 0.4) is 0 Å². The average molecular weight is 269 g/mol. The highest BCUT2D eigenvalue weighted by molar-refractivity contribution is 6.48. The topological polar surface area (TPSA) is 57.4 Å². The molecule has 0 bridgehead atoms. The summed E-state index contributed by atoms with van der Waals surface area (Å²) in [6.07, 6.45) is 1.63. The predicted molar refractivity (Wildman–Crippen MR) is 72.3 cm³/mol. The van der Waals surface area contributed by atoms with Gasteiger partial charge in [0, 0.05) is 11.8 Å². The molecule has 1 aliphatic rings. The van der Waals surface area contributed by atoms with Gasteiger partial charge in [0.2, 0.25) is 0 Å². The van der Waals surface area contributed by atoms with Crippen LogP contribution in [-0.4, -0.2) is 23.3 Å². The quantitative estimate of drug-likeness (QED) is 0.661. The number of rotatable bonds is 2. The van der Waals surface area contributed by atoms with Gasteiger partial charge in [-0.05, 0) is 33.8 Å². The van der Waals surface area contributed by atoms with Crippen LogP contribution in [-0.2, 0) is 9.31 Å². The van der Waals surface area contributed by atoms with Gasteiger partial charge in [0.15, 0.2) is 0 Å². The van der Waals surface area contributed by atoms with E-state index in [1.807, 2.05) is 33.8 Å². The molecule has 1 aromatic heterocycles. The Hall–Kier alpha value is -0.615. The van der Waals surface area contributed by atoms with Crippen molar-refractivity contribution in [3.8, 4) is 0 Å². The monoisotopic (exact) mass is 268 g/mol. The Labute approximate surface area is 113 Å². The lowest BCUT2D eigenvalue weighted by molar-refractivity contribution is 0.00578. The molecule has 18 heavy (non-hydrogen) atoms. The van der Waals surface area contributed by atoms with Crippen LogP contribution in [0.2, 0.25) is 5.15 Å². The third-order valence-electron chi connectivity index (χ3n) is 3.71. The van der Waals surface area contributed by atoms with Crippen LogP contribution in [0.15, 0.2) is 18.3 Å². The van der Waals surface area contributed by atoms with E-state index in [0.29, 0.717) is 5.15 Å². The first-order chi connectivity index (χ1) is 8.24. The molecule has 0 amide bonds. The summed E-state index contributed by atoms with van der Waals surface area (Å²) in [5.74, 6) is -0.452. The van der Waals surface area contributed by atoms with Gasteiger partial charge in [-0.1, -0.05) is 17.7 Å². The summed E-state index contributed by atoms with van der Waals surface area (Å²) in [7, 11) is -0.517. The van der Waals surface area contributed by atoms with Crippen molar-refractivity contribution in [2.75, 3.05) is 0 Å². The molecule has 1 aromatic rings. The van der Waals surface area contributed by atoms with Gasteiger partial charge in [-0.25, -0.2) is 4.98 Å². The molecule has 2 N–H and O–H groups in total. The summed E-state index contributed by atoms with van der Waals surface area (Å²) in [6, 6.07) is 3.64. The molecule has 4 nitrogen and oxygen atoms in total. The second-order valence-electron chi connectivity index (χ2n) is 5.53. The van der Waals surface area contributed by atoms with Crippen molar-refractivity contribution in [1.29, 1.82) is 0 Å². The van der Waals surface area contributed by atoms with Crippen molar-refractivity contribution >= 4 is 18.7 Å². The first-order valence-corrected chi connectivity index (χ1v) is 6.34. The van der Waals surface area contributed by atoms with Gasteiger partial charge in [0.1, 0.15) is 5.15 Å². The largest absolute Gasteiger partial charge is 0.480 e. The third-order valence-corrected chi connectivity index (χ3v) is 4.03. The Morgan fingerprint density at radius 1 is 1.28 bits per heavy atom. The summed E-state index contributed by atoms with van der Waals surface area (Å²) in [6.45, 7) is 7.96. The van der Waals surface area contributed by atoms with Crippen molar-refractivity contribution in [2.24, 2.45) is 5.73 Å². The van der Waals surface area contributed by atoms with Crippen LogP contribution in [0.25, 0.3) is 0 Å². The van der Waals surface area contributed by atoms with E-state index in [4.69, 9.17) is 26.6 Å². The molecular formula is C12H18BClN2O2. The van der Waals surface area contributed by atoms with Crippen molar-refractivity contribution in [1.82, 2.24) is 4.98 Å². The zero-order valence-corrected chi connectivity index (χ0v) is 11.9. The summed E-state index contributed by atoms with van der Waals surface area (Å²) < 4.78 is 11.8. The van der Waals surface area contributed by atoms with Gasteiger partial charge in [-0.3, -0.25) is 0 Å². The molecule has 0 radical (unpaired) electrons. The second-order valence-corrected chi connectivity index (χ2v) is 5.89. The van der Waals surface area contributed by atoms with E-state index in [1.54, 1.807) is 12.3 Å². The maximum atomic E-state index is 6.17. The molecule has 0 aliphatic carbocycles. The summed E-state index contributed by atoms with van der Waals surface area (Å²) in [4.78, 5) is 4.02. The van der Waals surface area contributed by atoms with Gasteiger partial charge in [0.05, 0.1) is 17.1 Å². The summed E-state index contributed by atoms with van der Waals surface area (Å²) in [5, 5.41) is 0.389. The Bertz CT molecular complexity index is 437. The predicted octanol–water partition coefficient (Wildman–Crippen LogP) is 2.37. The molecule has 1 atom stereocenters. The summed E-state index contributed by atoms with van der Waals surface area (Å²) >= 11 is 6.04. The Morgan fingerprint density at radius 2 is 1.83 bits per heavy atom. The van der Waals surface area contributed by atoms with Gasteiger partial charge < -0.3 is 15.0 Å². The number of hydrogen-bond acceptors (Lipinski definition) is 4. The fourth-order valence-electron chi connectivity index (χ4n) is 1.83. The third kappa shape index (κ3) is 2.28. The van der Waals surface area contributed by atoms with Crippen molar-refractivity contribution in [3.63, 3.8) is 0 Å². The fourth-order valence-corrected chi connectivity index (χ4v) is 2.07. The molecule has 0 aromatic carbocycles. The van der Waals surface area contributed by atoms with E-state index < -0.39 is 24.3 Å². The standard InChI is InChI=1S/C12H18BClN2O2/c1-11(2)12(3,4)18-13(17-11)9(15)8-6-5-7-16-10(8)14/h5-7,9H,15H2,1-4H3/t9-/m1/s1. The number of nitrogens with two attached hydrogens (primary N) is 1. The van der Waals surface area contributed by atoms with Crippen molar-refractivity contribution in [3.05, 3.63) is 29.0 Å². The number of aromatic nitrogens is 1. The maximum absolute atomic E-state index is 6.17. The number of hydrogen-bond donors (Lipinski definition) is 1. The molecule has 6 heteroatoms. The molecule has 1 saturated heterocycles. The lowest BCUT2D eigenvalue weighted by Crippen LogP contribution is -2.41. The minimum Gasteiger partial charge on any atom is -0.402 e. The minimum atomic E-state index is -0.517. The molecule has 2 heterocycles. The Kier molecular flexibility index (Phi) is 3.45. The Morgan fingerprint density at radius 3 is 2.33 bits per heavy atom. The van der Waals surface area contributed by atoms with Gasteiger partial charge in [0.25, 0.3) is 0 Å². The second kappa shape index (κ2) is 4.49. The fraction of sp³-hybridized carbons (Fsp3) is 0.583. The summed E-state index contributed by atoms with van der Waals surface area (Å²) in [5.41, 5.74) is 6.11. The van der Waals surface area contributed by atoms with E-state index in [0.717, 1.165) is 5.56 Å². The zero-order valence-electron chi connectivity index (χ0n) is 11.1. The molecule has 1 fully saturated rings. The van der Waals surface area contributed by atoms with Crippen molar-refractivity contribution in [2.45, 2.75) is 44.8 Å². The van der Waals surface area contributed by atoms with E-state index >= 15 is 0 Å². The van der Waals surface area contributed by atoms with E-state index in [1.165, 1.54) is 0 Å². The van der Waals surface area contributed by atoms with E-state index in [-0.39, 0.29) is 0 Å². The maximum Gasteiger partial charge on any atom is 0.480 e. The van der Waals surface area contributed by atoms with Crippen LogP contribution >= 0.6 is 11.6 Å². The highest BCUT2D eigenvalue weighted by atomic mass is 35.5. The van der Waals surface area contributed by atoms with E-state index in [9.17, 15) is 0 Å². The SMILES string of the molecule is CC1(C)OB([C@H](N)c2cccnc2Cl)OC1(C)C. The highest BCUT2D eigenvalue weighted by Gasteiger charge is 2.53. The first kappa shape index (κ1) is 13.8. The Balaban J connectivity index is 2.23. The van der Waals surface area contributed by atoms with Crippen LogP contribution in [0.4, 0.5) is 0 Å². The lowest BCUT2D eigenvalue weighted by atomic mass is 9.75. The molecule has 0 saturated carbocycles. The number of pyridine rings is 1. The highest BCUT2D eigenvalue weighted by Crippen LogP contribution is 2.40. The molecule has 1 aliphatic heterocycles. The number of halogens is 1.